The third kappa shape index (κ3) is 2.21. The minimum atomic E-state index is -0.712. The van der Waals surface area contributed by atoms with Crippen LogP contribution in [0.25, 0.3) is 0 Å². The van der Waals surface area contributed by atoms with Crippen molar-refractivity contribution in [2.45, 2.75) is 32.4 Å². The van der Waals surface area contributed by atoms with Crippen molar-refractivity contribution in [3.63, 3.8) is 0 Å². The van der Waals surface area contributed by atoms with E-state index in [1.54, 1.807) is 13.0 Å². The average molecular weight is 196 g/mol. The Morgan fingerprint density at radius 1 is 1.64 bits per heavy atom. The Hall–Kier alpha value is -1.13. The fourth-order valence-corrected chi connectivity index (χ4v) is 1.26. The summed E-state index contributed by atoms with van der Waals surface area (Å²) in [7, 11) is 0. The number of aliphatic hydroxyl groups is 1. The van der Waals surface area contributed by atoms with Crippen molar-refractivity contribution < 1.29 is 5.11 Å². The molecule has 0 bridgehead atoms. The standard InChI is InChI=1S/C10H16N2O2/c1-3-8(11)9(13)7-4-6(2)10(14)12-5-7/h4-5,8-9,13H,3,11H2,1-2H3,(H,12,14)/t8-,9-/m0/s1. The second-order valence-electron chi connectivity index (χ2n) is 3.46. The van der Waals surface area contributed by atoms with Crippen LogP contribution in [-0.2, 0) is 0 Å². The molecule has 14 heavy (non-hydrogen) atoms. The fraction of sp³-hybridized carbons (Fsp3) is 0.500. The molecule has 0 aliphatic carbocycles. The van der Waals surface area contributed by atoms with Gasteiger partial charge in [-0.1, -0.05) is 6.92 Å². The molecule has 0 radical (unpaired) electrons. The molecule has 0 spiro atoms. The van der Waals surface area contributed by atoms with Gasteiger partial charge in [0.15, 0.2) is 0 Å². The maximum atomic E-state index is 11.1. The summed E-state index contributed by atoms with van der Waals surface area (Å²) in [4.78, 5) is 13.6. The third-order valence-electron chi connectivity index (χ3n) is 2.33. The van der Waals surface area contributed by atoms with E-state index in [0.717, 1.165) is 0 Å². The molecule has 1 aromatic heterocycles. The average Bonchev–Trinajstić information content (AvgIpc) is 2.20. The number of hydrogen-bond donors (Lipinski definition) is 3. The minimum absolute atomic E-state index is 0.133. The van der Waals surface area contributed by atoms with Gasteiger partial charge in [-0.05, 0) is 25.0 Å². The predicted molar refractivity (Wildman–Crippen MR) is 55.0 cm³/mol. The fourth-order valence-electron chi connectivity index (χ4n) is 1.26. The van der Waals surface area contributed by atoms with Crippen LogP contribution in [-0.4, -0.2) is 16.1 Å². The quantitative estimate of drug-likeness (QED) is 0.657. The Bertz CT molecular complexity index is 359. The van der Waals surface area contributed by atoms with Gasteiger partial charge < -0.3 is 15.8 Å². The van der Waals surface area contributed by atoms with Gasteiger partial charge in [0.05, 0.1) is 6.10 Å². The topological polar surface area (TPSA) is 79.1 Å². The Kier molecular flexibility index (Phi) is 3.43. The van der Waals surface area contributed by atoms with E-state index in [0.29, 0.717) is 17.5 Å². The molecular formula is C10H16N2O2. The second kappa shape index (κ2) is 4.39. The zero-order valence-corrected chi connectivity index (χ0v) is 8.45. The van der Waals surface area contributed by atoms with Crippen molar-refractivity contribution >= 4 is 0 Å². The van der Waals surface area contributed by atoms with Gasteiger partial charge in [0, 0.05) is 17.8 Å². The lowest BCUT2D eigenvalue weighted by Crippen LogP contribution is -2.28. The van der Waals surface area contributed by atoms with E-state index < -0.39 is 6.10 Å². The molecule has 0 fully saturated rings. The summed E-state index contributed by atoms with van der Waals surface area (Å²) in [6, 6.07) is 1.37. The molecule has 4 heteroatoms. The number of pyridine rings is 1. The summed E-state index contributed by atoms with van der Waals surface area (Å²) in [5.41, 5.74) is 6.81. The van der Waals surface area contributed by atoms with E-state index in [1.807, 2.05) is 6.92 Å². The summed E-state index contributed by atoms with van der Waals surface area (Å²) in [6.45, 7) is 3.61. The first kappa shape index (κ1) is 10.9. The van der Waals surface area contributed by atoms with Gasteiger partial charge in [0.25, 0.3) is 5.56 Å². The Labute approximate surface area is 82.8 Å². The highest BCUT2D eigenvalue weighted by Gasteiger charge is 2.15. The van der Waals surface area contributed by atoms with Gasteiger partial charge in [-0.25, -0.2) is 0 Å². The molecule has 0 aromatic carbocycles. The molecule has 1 aromatic rings. The molecule has 0 saturated heterocycles. The zero-order valence-electron chi connectivity index (χ0n) is 8.45. The molecule has 0 saturated carbocycles. The van der Waals surface area contributed by atoms with Gasteiger partial charge in [-0.15, -0.1) is 0 Å². The number of nitrogens with one attached hydrogen (secondary N) is 1. The van der Waals surface area contributed by atoms with Gasteiger partial charge >= 0.3 is 0 Å². The Balaban J connectivity index is 2.96. The molecule has 4 nitrogen and oxygen atoms in total. The van der Waals surface area contributed by atoms with Gasteiger partial charge in [-0.2, -0.15) is 0 Å². The summed E-state index contributed by atoms with van der Waals surface area (Å²) in [5.74, 6) is 0. The van der Waals surface area contributed by atoms with Gasteiger partial charge in [-0.3, -0.25) is 4.79 Å². The summed E-state index contributed by atoms with van der Waals surface area (Å²) in [5, 5.41) is 9.76. The normalized spacial score (nSPS) is 15.1. The van der Waals surface area contributed by atoms with Crippen molar-refractivity contribution in [1.82, 2.24) is 4.98 Å². The second-order valence-corrected chi connectivity index (χ2v) is 3.46. The lowest BCUT2D eigenvalue weighted by molar-refractivity contribution is 0.144. The highest BCUT2D eigenvalue weighted by molar-refractivity contribution is 5.20. The number of aromatic nitrogens is 1. The lowest BCUT2D eigenvalue weighted by Gasteiger charge is -2.17. The van der Waals surface area contributed by atoms with Crippen LogP contribution < -0.4 is 11.3 Å². The molecule has 4 N–H and O–H groups in total. The first-order chi connectivity index (χ1) is 6.56. The van der Waals surface area contributed by atoms with Crippen molar-refractivity contribution in [3.05, 3.63) is 33.7 Å². The number of aliphatic hydroxyl groups excluding tert-OH is 1. The van der Waals surface area contributed by atoms with E-state index in [-0.39, 0.29) is 11.6 Å². The molecule has 1 rings (SSSR count). The van der Waals surface area contributed by atoms with Gasteiger partial charge in [0.2, 0.25) is 0 Å². The molecule has 2 atom stereocenters. The van der Waals surface area contributed by atoms with Crippen molar-refractivity contribution in [3.8, 4) is 0 Å². The Morgan fingerprint density at radius 3 is 2.79 bits per heavy atom. The van der Waals surface area contributed by atoms with Crippen molar-refractivity contribution in [2.24, 2.45) is 5.73 Å². The smallest absolute Gasteiger partial charge is 0.250 e. The van der Waals surface area contributed by atoms with E-state index in [4.69, 9.17) is 5.73 Å². The highest BCUT2D eigenvalue weighted by Crippen LogP contribution is 2.15. The summed E-state index contributed by atoms with van der Waals surface area (Å²) < 4.78 is 0. The summed E-state index contributed by atoms with van der Waals surface area (Å²) in [6.07, 6.45) is 1.49. The monoisotopic (exact) mass is 196 g/mol. The van der Waals surface area contributed by atoms with Crippen LogP contribution in [0.4, 0.5) is 0 Å². The number of nitrogens with two attached hydrogens (primary N) is 1. The van der Waals surface area contributed by atoms with Crippen LogP contribution in [0.15, 0.2) is 17.1 Å². The first-order valence-electron chi connectivity index (χ1n) is 4.69. The van der Waals surface area contributed by atoms with E-state index >= 15 is 0 Å². The van der Waals surface area contributed by atoms with Crippen molar-refractivity contribution in [1.29, 1.82) is 0 Å². The first-order valence-corrected chi connectivity index (χ1v) is 4.69. The van der Waals surface area contributed by atoms with Crippen LogP contribution in [0.2, 0.25) is 0 Å². The maximum absolute atomic E-state index is 11.1. The minimum Gasteiger partial charge on any atom is -0.387 e. The van der Waals surface area contributed by atoms with Crippen LogP contribution >= 0.6 is 0 Å². The SMILES string of the molecule is CC[C@H](N)[C@@H](O)c1c[nH]c(=O)c(C)c1. The maximum Gasteiger partial charge on any atom is 0.250 e. The van der Waals surface area contributed by atoms with E-state index in [1.165, 1.54) is 6.20 Å². The largest absolute Gasteiger partial charge is 0.387 e. The molecule has 0 aliphatic heterocycles. The van der Waals surface area contributed by atoms with Crippen LogP contribution in [0.3, 0.4) is 0 Å². The van der Waals surface area contributed by atoms with Crippen LogP contribution in [0.5, 0.6) is 0 Å². The molecular weight excluding hydrogens is 180 g/mol. The van der Waals surface area contributed by atoms with Crippen LogP contribution in [0.1, 0.15) is 30.6 Å². The number of H-pyrrole nitrogens is 1. The number of aryl methyl sites for hydroxylation is 1. The zero-order chi connectivity index (χ0) is 10.7. The van der Waals surface area contributed by atoms with Crippen LogP contribution in [0, 0.1) is 6.92 Å². The Morgan fingerprint density at radius 2 is 2.29 bits per heavy atom. The lowest BCUT2D eigenvalue weighted by atomic mass is 10.0. The predicted octanol–water partition coefficient (Wildman–Crippen LogP) is 0.454. The number of aromatic amines is 1. The highest BCUT2D eigenvalue weighted by atomic mass is 16.3. The molecule has 1 heterocycles. The third-order valence-corrected chi connectivity index (χ3v) is 2.33. The number of rotatable bonds is 3. The molecule has 0 unspecified atom stereocenters. The summed E-state index contributed by atoms with van der Waals surface area (Å²) >= 11 is 0. The molecule has 0 amide bonds. The molecule has 0 aliphatic rings. The van der Waals surface area contributed by atoms with E-state index in [2.05, 4.69) is 4.98 Å². The van der Waals surface area contributed by atoms with Gasteiger partial charge in [0.1, 0.15) is 0 Å². The van der Waals surface area contributed by atoms with E-state index in [9.17, 15) is 9.90 Å². The molecule has 78 valence electrons. The number of hydrogen-bond acceptors (Lipinski definition) is 3. The van der Waals surface area contributed by atoms with Crippen molar-refractivity contribution in [2.75, 3.05) is 0 Å².